The van der Waals surface area contributed by atoms with Crippen molar-refractivity contribution in [3.8, 4) is 0 Å². The van der Waals surface area contributed by atoms with E-state index in [4.69, 9.17) is 4.74 Å². The molecule has 0 saturated heterocycles. The fourth-order valence-corrected chi connectivity index (χ4v) is 1.96. The minimum absolute atomic E-state index is 0.0481. The number of allylic oxidation sites excluding steroid dienone is 2. The number of ether oxygens (including phenoxy) is 1. The van der Waals surface area contributed by atoms with Gasteiger partial charge in [0.15, 0.2) is 11.5 Å². The highest BCUT2D eigenvalue weighted by atomic mass is 16.5. The zero-order chi connectivity index (χ0) is 14.7. The van der Waals surface area contributed by atoms with E-state index >= 15 is 0 Å². The van der Waals surface area contributed by atoms with Crippen LogP contribution in [0.2, 0.25) is 0 Å². The predicted octanol–water partition coefficient (Wildman–Crippen LogP) is 1.22. The van der Waals surface area contributed by atoms with E-state index in [-0.39, 0.29) is 22.8 Å². The minimum Gasteiger partial charge on any atom is -0.492 e. The van der Waals surface area contributed by atoms with Crippen LogP contribution in [0.4, 0.5) is 0 Å². The quantitative estimate of drug-likeness (QED) is 0.839. The normalized spacial score (nSPS) is 15.0. The van der Waals surface area contributed by atoms with Crippen LogP contribution in [0.1, 0.15) is 12.5 Å². The minimum atomic E-state index is -0.513. The van der Waals surface area contributed by atoms with Gasteiger partial charge in [0.2, 0.25) is 11.7 Å². The van der Waals surface area contributed by atoms with Crippen molar-refractivity contribution in [1.82, 2.24) is 5.32 Å². The molecule has 5 nitrogen and oxygen atoms in total. The molecule has 0 heterocycles. The molecule has 5 heteroatoms. The van der Waals surface area contributed by atoms with Gasteiger partial charge >= 0.3 is 0 Å². The summed E-state index contributed by atoms with van der Waals surface area (Å²) in [5.74, 6) is -1.40. The van der Waals surface area contributed by atoms with E-state index in [1.807, 2.05) is 0 Å². The Labute approximate surface area is 115 Å². The summed E-state index contributed by atoms with van der Waals surface area (Å²) < 4.78 is 4.88. The monoisotopic (exact) mass is 271 g/mol. The highest BCUT2D eigenvalue weighted by Gasteiger charge is 2.30. The van der Waals surface area contributed by atoms with Crippen molar-refractivity contribution in [3.63, 3.8) is 0 Å². The van der Waals surface area contributed by atoms with Crippen LogP contribution in [-0.4, -0.2) is 24.6 Å². The van der Waals surface area contributed by atoms with Gasteiger partial charge in [0.05, 0.1) is 12.7 Å². The third-order valence-corrected chi connectivity index (χ3v) is 2.79. The Kier molecular flexibility index (Phi) is 3.79. The summed E-state index contributed by atoms with van der Waals surface area (Å²) in [4.78, 5) is 35.7. The summed E-state index contributed by atoms with van der Waals surface area (Å²) in [7, 11) is 1.30. The average molecular weight is 271 g/mol. The zero-order valence-electron chi connectivity index (χ0n) is 11.1. The van der Waals surface area contributed by atoms with Gasteiger partial charge in [0, 0.05) is 13.0 Å². The third-order valence-electron chi connectivity index (χ3n) is 2.79. The lowest BCUT2D eigenvalue weighted by molar-refractivity contribution is -0.121. The van der Waals surface area contributed by atoms with Crippen LogP contribution in [0.3, 0.4) is 0 Å². The summed E-state index contributed by atoms with van der Waals surface area (Å²) in [6.07, 6.45) is 1.13. The molecule has 0 radical (unpaired) electrons. The van der Waals surface area contributed by atoms with E-state index in [2.05, 4.69) is 5.32 Å². The largest absolute Gasteiger partial charge is 0.492 e. The molecule has 0 aromatic heterocycles. The maximum absolute atomic E-state index is 12.2. The molecule has 1 aromatic carbocycles. The lowest BCUT2D eigenvalue weighted by Gasteiger charge is -2.18. The smallest absolute Gasteiger partial charge is 0.244 e. The maximum atomic E-state index is 12.2. The first-order valence-electron chi connectivity index (χ1n) is 5.96. The fourth-order valence-electron chi connectivity index (χ4n) is 1.96. The standard InChI is InChI=1S/C15H13NO4/c1-9(17)16-14-13(10-6-4-3-5-7-10)11(18)8-12(20-2)15(14)19/h3-8H,1-2H3,(H,16,17). The van der Waals surface area contributed by atoms with Crippen molar-refractivity contribution in [3.05, 3.63) is 53.4 Å². The molecule has 0 spiro atoms. The summed E-state index contributed by atoms with van der Waals surface area (Å²) in [6.45, 7) is 1.28. The molecular weight excluding hydrogens is 258 g/mol. The molecule has 0 fully saturated rings. The molecule has 1 aromatic rings. The first-order chi connectivity index (χ1) is 9.54. The van der Waals surface area contributed by atoms with Gasteiger partial charge in [-0.25, -0.2) is 0 Å². The van der Waals surface area contributed by atoms with E-state index < -0.39 is 11.7 Å². The molecule has 0 unspecified atom stereocenters. The second-order valence-corrected chi connectivity index (χ2v) is 4.20. The van der Waals surface area contributed by atoms with Gasteiger partial charge in [-0.15, -0.1) is 0 Å². The maximum Gasteiger partial charge on any atom is 0.244 e. The molecule has 2 rings (SSSR count). The molecule has 1 N–H and O–H groups in total. The molecule has 20 heavy (non-hydrogen) atoms. The van der Waals surface area contributed by atoms with Crippen LogP contribution in [0.25, 0.3) is 5.57 Å². The average Bonchev–Trinajstić information content (AvgIpc) is 2.43. The van der Waals surface area contributed by atoms with Crippen molar-refractivity contribution in [1.29, 1.82) is 0 Å². The van der Waals surface area contributed by atoms with Crippen LogP contribution in [0.5, 0.6) is 0 Å². The zero-order valence-corrected chi connectivity index (χ0v) is 11.1. The van der Waals surface area contributed by atoms with Crippen LogP contribution in [0.15, 0.2) is 47.9 Å². The second kappa shape index (κ2) is 5.52. The van der Waals surface area contributed by atoms with Gasteiger partial charge < -0.3 is 10.1 Å². The van der Waals surface area contributed by atoms with Crippen molar-refractivity contribution in [2.75, 3.05) is 7.11 Å². The van der Waals surface area contributed by atoms with Crippen LogP contribution >= 0.6 is 0 Å². The highest BCUT2D eigenvalue weighted by molar-refractivity contribution is 6.37. The summed E-state index contributed by atoms with van der Waals surface area (Å²) in [5, 5.41) is 2.42. The number of hydrogen-bond donors (Lipinski definition) is 1. The van der Waals surface area contributed by atoms with Gasteiger partial charge in [-0.3, -0.25) is 14.4 Å². The number of amides is 1. The first-order valence-corrected chi connectivity index (χ1v) is 5.96. The third kappa shape index (κ3) is 2.51. The van der Waals surface area contributed by atoms with Gasteiger partial charge in [0.1, 0.15) is 5.70 Å². The van der Waals surface area contributed by atoms with Crippen molar-refractivity contribution >= 4 is 23.0 Å². The number of nitrogens with one attached hydrogen (secondary N) is 1. The second-order valence-electron chi connectivity index (χ2n) is 4.20. The summed E-state index contributed by atoms with van der Waals surface area (Å²) >= 11 is 0. The molecular formula is C15H13NO4. The number of hydrogen-bond acceptors (Lipinski definition) is 4. The molecule has 102 valence electrons. The number of carbonyl (C=O) groups excluding carboxylic acids is 3. The number of carbonyl (C=O) groups is 3. The predicted molar refractivity (Wildman–Crippen MR) is 72.3 cm³/mol. The highest BCUT2D eigenvalue weighted by Crippen LogP contribution is 2.26. The molecule has 0 aliphatic heterocycles. The topological polar surface area (TPSA) is 72.5 Å². The van der Waals surface area contributed by atoms with Gasteiger partial charge in [-0.05, 0) is 5.56 Å². The van der Waals surface area contributed by atoms with Crippen LogP contribution < -0.4 is 5.32 Å². The lowest BCUT2D eigenvalue weighted by Crippen LogP contribution is -2.31. The van der Waals surface area contributed by atoms with Gasteiger partial charge in [0.25, 0.3) is 0 Å². The molecule has 0 bridgehead atoms. The Hall–Kier alpha value is -2.69. The van der Waals surface area contributed by atoms with E-state index in [1.165, 1.54) is 14.0 Å². The van der Waals surface area contributed by atoms with Crippen LogP contribution in [-0.2, 0) is 19.1 Å². The molecule has 0 atom stereocenters. The SMILES string of the molecule is COC1=CC(=O)C(c2ccccc2)=C(NC(C)=O)C1=O. The van der Waals surface area contributed by atoms with E-state index in [0.29, 0.717) is 5.56 Å². The van der Waals surface area contributed by atoms with Gasteiger partial charge in [-0.1, -0.05) is 30.3 Å². The molecule has 1 aliphatic rings. The summed E-state index contributed by atoms with van der Waals surface area (Å²) in [6, 6.07) is 8.71. The number of ketones is 2. The van der Waals surface area contributed by atoms with Crippen molar-refractivity contribution in [2.45, 2.75) is 6.92 Å². The molecule has 1 amide bonds. The number of rotatable bonds is 3. The lowest BCUT2D eigenvalue weighted by atomic mass is 9.92. The van der Waals surface area contributed by atoms with E-state index in [0.717, 1.165) is 6.08 Å². The Balaban J connectivity index is 2.60. The number of methoxy groups -OCH3 is 1. The fraction of sp³-hybridized carbons (Fsp3) is 0.133. The van der Waals surface area contributed by atoms with Gasteiger partial charge in [-0.2, -0.15) is 0 Å². The van der Waals surface area contributed by atoms with Crippen molar-refractivity contribution in [2.24, 2.45) is 0 Å². The Morgan fingerprint density at radius 1 is 1.15 bits per heavy atom. The first kappa shape index (κ1) is 13.7. The van der Waals surface area contributed by atoms with E-state index in [1.54, 1.807) is 30.3 Å². The Morgan fingerprint density at radius 3 is 2.35 bits per heavy atom. The Bertz CT molecular complexity index is 641. The number of Topliss-reactive ketones (excluding diaryl/α,β-unsaturated/α-hetero) is 1. The number of benzene rings is 1. The summed E-state index contributed by atoms with van der Waals surface area (Å²) in [5.41, 5.74) is 0.695. The van der Waals surface area contributed by atoms with E-state index in [9.17, 15) is 14.4 Å². The molecule has 0 saturated carbocycles. The van der Waals surface area contributed by atoms with Crippen LogP contribution in [0, 0.1) is 0 Å². The molecule has 1 aliphatic carbocycles. The van der Waals surface area contributed by atoms with Crippen molar-refractivity contribution < 1.29 is 19.1 Å². The Morgan fingerprint density at radius 2 is 1.80 bits per heavy atom.